The van der Waals surface area contributed by atoms with Crippen molar-refractivity contribution in [2.45, 2.75) is 24.3 Å². The maximum absolute atomic E-state index is 13.7. The maximum Gasteiger partial charge on any atom is 0.262 e. The van der Waals surface area contributed by atoms with E-state index < -0.39 is 5.25 Å². The predicted octanol–water partition coefficient (Wildman–Crippen LogP) is 4.91. The molecule has 7 heteroatoms. The second-order valence-corrected chi connectivity index (χ2v) is 9.21. The Morgan fingerprint density at radius 3 is 2.21 bits per heavy atom. The highest BCUT2D eigenvalue weighted by atomic mass is 32.2. The van der Waals surface area contributed by atoms with Crippen LogP contribution in [0.4, 0.5) is 0 Å². The fraction of sp³-hybridized carbons (Fsp3) is 0.154. The lowest BCUT2D eigenvalue weighted by atomic mass is 10.0. The first-order chi connectivity index (χ1) is 15.9. The summed E-state index contributed by atoms with van der Waals surface area (Å²) in [5, 5.41) is 9.28. The van der Waals surface area contributed by atoms with E-state index in [9.17, 15) is 9.59 Å². The first-order valence-electron chi connectivity index (χ1n) is 10.6. The Kier molecular flexibility index (Phi) is 5.34. The van der Waals surface area contributed by atoms with E-state index in [4.69, 9.17) is 0 Å². The lowest BCUT2D eigenvalue weighted by Gasteiger charge is -2.16. The van der Waals surface area contributed by atoms with E-state index in [0.717, 1.165) is 16.7 Å². The van der Waals surface area contributed by atoms with Crippen molar-refractivity contribution in [3.8, 4) is 0 Å². The van der Waals surface area contributed by atoms with E-state index in [1.54, 1.807) is 13.1 Å². The van der Waals surface area contributed by atoms with Gasteiger partial charge in [0.1, 0.15) is 5.25 Å². The van der Waals surface area contributed by atoms with Crippen molar-refractivity contribution in [2.24, 2.45) is 7.05 Å². The summed E-state index contributed by atoms with van der Waals surface area (Å²) < 4.78 is 3.34. The Morgan fingerprint density at radius 1 is 0.879 bits per heavy atom. The van der Waals surface area contributed by atoms with E-state index in [1.165, 1.54) is 16.3 Å². The van der Waals surface area contributed by atoms with Gasteiger partial charge in [0.15, 0.2) is 10.9 Å². The summed E-state index contributed by atoms with van der Waals surface area (Å²) in [4.78, 5) is 26.4. The molecule has 0 radical (unpaired) electrons. The van der Waals surface area contributed by atoms with Gasteiger partial charge in [-0.15, -0.1) is 10.2 Å². The molecule has 6 nitrogen and oxygen atoms in total. The third kappa shape index (κ3) is 3.74. The average molecular weight is 455 g/mol. The highest BCUT2D eigenvalue weighted by molar-refractivity contribution is 8.00. The smallest absolute Gasteiger partial charge is 0.262 e. The SMILES string of the molecule is Cc1ccc(C(=O)C(Sc2nnc3n(C)c(=O)c4ccccc4n23)c2ccc(C)cc2)cc1. The van der Waals surface area contributed by atoms with Crippen LogP contribution in [0.25, 0.3) is 16.7 Å². The van der Waals surface area contributed by atoms with Gasteiger partial charge in [0.05, 0.1) is 10.9 Å². The van der Waals surface area contributed by atoms with Crippen molar-refractivity contribution < 1.29 is 4.79 Å². The molecule has 0 aliphatic carbocycles. The van der Waals surface area contributed by atoms with Crippen LogP contribution in [0.1, 0.15) is 32.3 Å². The summed E-state index contributed by atoms with van der Waals surface area (Å²) in [6.07, 6.45) is 0. The minimum absolute atomic E-state index is 0.00488. The van der Waals surface area contributed by atoms with Crippen molar-refractivity contribution in [3.63, 3.8) is 0 Å². The minimum Gasteiger partial charge on any atom is -0.293 e. The Morgan fingerprint density at radius 2 is 1.52 bits per heavy atom. The molecule has 0 N–H and O–H groups in total. The van der Waals surface area contributed by atoms with Crippen molar-refractivity contribution >= 4 is 34.2 Å². The Hall–Kier alpha value is -3.71. The Balaban J connectivity index is 1.67. The lowest BCUT2D eigenvalue weighted by molar-refractivity contribution is 0.0989. The first kappa shape index (κ1) is 21.2. The quantitative estimate of drug-likeness (QED) is 0.279. The second kappa shape index (κ2) is 8.33. The lowest BCUT2D eigenvalue weighted by Crippen LogP contribution is -2.20. The zero-order chi connectivity index (χ0) is 23.1. The summed E-state index contributed by atoms with van der Waals surface area (Å²) in [5.74, 6) is 0.432. The van der Waals surface area contributed by atoms with Crippen molar-refractivity contribution in [2.75, 3.05) is 0 Å². The van der Waals surface area contributed by atoms with Gasteiger partial charge in [-0.25, -0.2) is 0 Å². The Labute approximate surface area is 194 Å². The number of fused-ring (bicyclic) bond motifs is 3. The monoisotopic (exact) mass is 454 g/mol. The zero-order valence-electron chi connectivity index (χ0n) is 18.5. The van der Waals surface area contributed by atoms with Gasteiger partial charge in [0, 0.05) is 12.6 Å². The van der Waals surface area contributed by atoms with Gasteiger partial charge in [-0.05, 0) is 31.5 Å². The number of benzene rings is 3. The Bertz CT molecular complexity index is 1550. The molecule has 0 saturated carbocycles. The highest BCUT2D eigenvalue weighted by Gasteiger charge is 2.27. The summed E-state index contributed by atoms with van der Waals surface area (Å²) in [5.41, 5.74) is 4.34. The number of hydrogen-bond acceptors (Lipinski definition) is 5. The topological polar surface area (TPSA) is 69.3 Å². The summed E-state index contributed by atoms with van der Waals surface area (Å²) in [7, 11) is 1.68. The van der Waals surface area contributed by atoms with E-state index in [-0.39, 0.29) is 11.3 Å². The maximum atomic E-state index is 13.7. The fourth-order valence-corrected chi connectivity index (χ4v) is 5.00. The number of ketones is 1. The fourth-order valence-electron chi connectivity index (χ4n) is 3.88. The number of rotatable bonds is 5. The predicted molar refractivity (Wildman–Crippen MR) is 131 cm³/mol. The van der Waals surface area contributed by atoms with Crippen LogP contribution in [0.3, 0.4) is 0 Å². The average Bonchev–Trinajstić information content (AvgIpc) is 3.26. The van der Waals surface area contributed by atoms with Crippen molar-refractivity contribution in [1.82, 2.24) is 19.2 Å². The van der Waals surface area contributed by atoms with Gasteiger partial charge < -0.3 is 0 Å². The second-order valence-electron chi connectivity index (χ2n) is 8.14. The summed E-state index contributed by atoms with van der Waals surface area (Å²) in [6.45, 7) is 4.02. The number of Topliss-reactive ketones (excluding diaryl/α,β-unsaturated/α-hetero) is 1. The molecule has 0 aliphatic heterocycles. The molecular formula is C26H22N4O2S. The number of aryl methyl sites for hydroxylation is 3. The van der Waals surface area contributed by atoms with E-state index in [1.807, 2.05) is 85.0 Å². The van der Waals surface area contributed by atoms with Crippen LogP contribution in [0.5, 0.6) is 0 Å². The molecule has 0 saturated heterocycles. The standard InChI is InChI=1S/C26H22N4O2S/c1-16-8-12-18(13-9-16)22(31)23(19-14-10-17(2)11-15-19)33-26-28-27-25-29(3)24(32)20-6-4-5-7-21(20)30(25)26/h4-15,23H,1-3H3. The van der Waals surface area contributed by atoms with Crippen LogP contribution in [0.15, 0.2) is 82.7 Å². The van der Waals surface area contributed by atoms with Gasteiger partial charge in [0.25, 0.3) is 5.56 Å². The van der Waals surface area contributed by atoms with Gasteiger partial charge in [0.2, 0.25) is 5.78 Å². The molecule has 1 atom stereocenters. The van der Waals surface area contributed by atoms with Crippen LogP contribution >= 0.6 is 11.8 Å². The molecule has 2 heterocycles. The molecule has 33 heavy (non-hydrogen) atoms. The largest absolute Gasteiger partial charge is 0.293 e. The van der Waals surface area contributed by atoms with Crippen LogP contribution in [0.2, 0.25) is 0 Å². The molecule has 164 valence electrons. The molecule has 0 aliphatic rings. The molecule has 0 spiro atoms. The molecular weight excluding hydrogens is 432 g/mol. The summed E-state index contributed by atoms with van der Waals surface area (Å²) >= 11 is 1.34. The van der Waals surface area contributed by atoms with Gasteiger partial charge >= 0.3 is 0 Å². The molecule has 2 aromatic heterocycles. The number of thioether (sulfide) groups is 1. The van der Waals surface area contributed by atoms with E-state index >= 15 is 0 Å². The van der Waals surface area contributed by atoms with Crippen molar-refractivity contribution in [1.29, 1.82) is 0 Å². The van der Waals surface area contributed by atoms with E-state index in [0.29, 0.717) is 27.4 Å². The van der Waals surface area contributed by atoms with Gasteiger partial charge in [-0.3, -0.25) is 18.6 Å². The highest BCUT2D eigenvalue weighted by Crippen LogP contribution is 2.38. The van der Waals surface area contributed by atoms with Crippen LogP contribution in [0, 0.1) is 13.8 Å². The number of nitrogens with zero attached hydrogens (tertiary/aromatic N) is 4. The molecule has 5 aromatic rings. The van der Waals surface area contributed by atoms with Crippen molar-refractivity contribution in [3.05, 3.63) is 105 Å². The third-order valence-corrected chi connectivity index (χ3v) is 6.97. The molecule has 0 amide bonds. The normalized spacial score (nSPS) is 12.3. The van der Waals surface area contributed by atoms with Crippen LogP contribution in [-0.4, -0.2) is 24.9 Å². The van der Waals surface area contributed by atoms with Gasteiger partial charge in [-0.1, -0.05) is 83.6 Å². The summed E-state index contributed by atoms with van der Waals surface area (Å²) in [6, 6.07) is 23.0. The van der Waals surface area contributed by atoms with E-state index in [2.05, 4.69) is 10.2 Å². The molecule has 1 unspecified atom stereocenters. The zero-order valence-corrected chi connectivity index (χ0v) is 19.3. The number of aromatic nitrogens is 4. The minimum atomic E-state index is -0.517. The van der Waals surface area contributed by atoms with Crippen LogP contribution in [-0.2, 0) is 7.05 Å². The molecule has 0 bridgehead atoms. The first-order valence-corrected chi connectivity index (χ1v) is 11.5. The molecule has 0 fully saturated rings. The van der Waals surface area contributed by atoms with Crippen LogP contribution < -0.4 is 5.56 Å². The number of carbonyl (C=O) groups is 1. The third-order valence-electron chi connectivity index (χ3n) is 5.77. The molecule has 3 aromatic carbocycles. The number of hydrogen-bond donors (Lipinski definition) is 0. The number of carbonyl (C=O) groups excluding carboxylic acids is 1. The number of para-hydroxylation sites is 1. The molecule has 5 rings (SSSR count). The van der Waals surface area contributed by atoms with Gasteiger partial charge in [-0.2, -0.15) is 0 Å².